The molecule has 2 N–H and O–H groups in total. The first-order valence-corrected chi connectivity index (χ1v) is 0.632. The number of hydrogen-bond donors (Lipinski definition) is 2. The second-order valence-corrected chi connectivity index (χ2v) is 0.141. The number of aliphatic hydroxyl groups excluding tert-OH is 1. The molecule has 0 atom stereocenters. The van der Waals surface area contributed by atoms with Crippen LogP contribution in [0.1, 0.15) is 1.43 Å². The zero-order valence-electron chi connectivity index (χ0n) is 3.60. The van der Waals surface area contributed by atoms with Gasteiger partial charge in [-0.15, -0.1) is 0 Å². The Morgan fingerprint density at radius 1 is 1.50 bits per heavy atom. The second kappa shape index (κ2) is 9.68. The van der Waals surface area contributed by atoms with Gasteiger partial charge in [0.2, 0.25) is 0 Å². The van der Waals surface area contributed by atoms with Crippen molar-refractivity contribution in [3.05, 3.63) is 0 Å². The molecule has 0 bridgehead atoms. The maximum Gasteiger partial charge on any atom is 1.00 e. The van der Waals surface area contributed by atoms with Crippen LogP contribution in [0.3, 0.4) is 0 Å². The van der Waals surface area contributed by atoms with E-state index in [1.54, 1.807) is 0 Å². The molecule has 0 aliphatic carbocycles. The zero-order valence-corrected chi connectivity index (χ0v) is 2.60. The van der Waals surface area contributed by atoms with E-state index in [4.69, 9.17) is 10.2 Å². The van der Waals surface area contributed by atoms with Crippen LogP contribution in [0.2, 0.25) is 0 Å². The quantitative estimate of drug-likeness (QED) is 0.219. The number of rotatable bonds is 0. The molecule has 0 radical (unpaired) electrons. The van der Waals surface area contributed by atoms with E-state index in [1.807, 2.05) is 0 Å². The summed E-state index contributed by atoms with van der Waals surface area (Å²) in [5, 5.41) is 14.2. The molecule has 0 unspecified atom stereocenters. The monoisotopic (exact) mass is 56.0 g/mol. The van der Waals surface area contributed by atoms with Crippen LogP contribution < -0.4 is 18.9 Å². The molecular weight excluding hydrogens is 51.0 g/mol. The van der Waals surface area contributed by atoms with Gasteiger partial charge in [-0.25, -0.2) is 0 Å². The van der Waals surface area contributed by atoms with Crippen molar-refractivity contribution in [1.29, 1.82) is 0 Å². The topological polar surface area (TPSA) is 40.5 Å². The smallest absolute Gasteiger partial charge is 1.00 e. The van der Waals surface area contributed by atoms with Crippen LogP contribution in [0.5, 0.6) is 0 Å². The third-order valence-electron chi connectivity index (χ3n) is 0. The fourth-order valence-electron chi connectivity index (χ4n) is 0. The van der Waals surface area contributed by atoms with Gasteiger partial charge < -0.3 is 11.6 Å². The Hall–Kier alpha value is 0.517. The Bertz CT molecular complexity index is 9.61. The summed E-state index contributed by atoms with van der Waals surface area (Å²) in [4.78, 5) is 0. The van der Waals surface area contributed by atoms with E-state index in [9.17, 15) is 0 Å². The first-order chi connectivity index (χ1) is 1.41. The van der Waals surface area contributed by atoms with Gasteiger partial charge in [-0.2, -0.15) is 0 Å². The largest absolute Gasteiger partial charge is 1.00 e. The summed E-state index contributed by atoms with van der Waals surface area (Å²) in [5.41, 5.74) is 0. The predicted octanol–water partition coefficient (Wildman–Crippen LogP) is -3.95. The Balaban J connectivity index is -0.0000000200. The first kappa shape index (κ1) is 8.82. The second-order valence-electron chi connectivity index (χ2n) is 0.141. The molecule has 0 aromatic rings. The minimum atomic E-state index is -0.750. The van der Waals surface area contributed by atoms with Crippen LogP contribution in [0.4, 0.5) is 0 Å². The van der Waals surface area contributed by atoms with Crippen molar-refractivity contribution >= 4 is 0 Å². The van der Waals surface area contributed by atoms with E-state index in [-0.39, 0.29) is 20.3 Å². The molecule has 0 aromatic carbocycles. The number of hydrogen-bond acceptors (Lipinski definition) is 2. The molecule has 0 heterocycles. The normalized spacial score (nSPS) is 4.50. The summed E-state index contributed by atoms with van der Waals surface area (Å²) in [7, 11) is 0. The van der Waals surface area contributed by atoms with Gasteiger partial charge in [-0.05, 0) is 0 Å². The van der Waals surface area contributed by atoms with Crippen molar-refractivity contribution in [3.8, 4) is 0 Å². The molecule has 22 valence electrons. The molecule has 0 amide bonds. The Morgan fingerprint density at radius 2 is 1.50 bits per heavy atom. The molecule has 0 aromatic heterocycles. The molecule has 4 heavy (non-hydrogen) atoms. The Labute approximate surface area is 38.1 Å². The van der Waals surface area contributed by atoms with Gasteiger partial charge in [0.25, 0.3) is 0 Å². The van der Waals surface area contributed by atoms with Crippen LogP contribution in [-0.2, 0) is 0 Å². The molecule has 0 fully saturated rings. The third-order valence-corrected chi connectivity index (χ3v) is 0. The van der Waals surface area contributed by atoms with E-state index in [0.717, 1.165) is 0 Å². The van der Waals surface area contributed by atoms with Gasteiger partial charge >= 0.3 is 18.9 Å². The fraction of sp³-hybridized carbons (Fsp3) is 1.00. The van der Waals surface area contributed by atoms with Crippen molar-refractivity contribution in [3.63, 3.8) is 0 Å². The van der Waals surface area contributed by atoms with E-state index in [0.29, 0.717) is 0 Å². The van der Waals surface area contributed by atoms with E-state index < -0.39 is 6.79 Å². The van der Waals surface area contributed by atoms with Crippen LogP contribution >= 0.6 is 0 Å². The molecule has 0 spiro atoms. The van der Waals surface area contributed by atoms with Gasteiger partial charge in [0.05, 0.1) is 0 Å². The van der Waals surface area contributed by atoms with Gasteiger partial charge in [0.15, 0.2) is 0 Å². The standard InChI is InChI=1S/CH4O2.Li.H/c2-1-3;;/h2-3H,1H2;;/q;+1;-1. The van der Waals surface area contributed by atoms with Crippen molar-refractivity contribution in [2.24, 2.45) is 0 Å². The molecule has 0 saturated heterocycles. The average molecular weight is 56.0 g/mol. The van der Waals surface area contributed by atoms with Crippen molar-refractivity contribution in [1.82, 2.24) is 0 Å². The molecule has 0 aliphatic heterocycles. The Morgan fingerprint density at radius 3 is 1.50 bits per heavy atom. The van der Waals surface area contributed by atoms with Gasteiger partial charge in [-0.3, -0.25) is 0 Å². The SMILES string of the molecule is OCO.[H-].[Li+]. The van der Waals surface area contributed by atoms with Crippen LogP contribution in [0.15, 0.2) is 0 Å². The fourth-order valence-corrected chi connectivity index (χ4v) is 0. The van der Waals surface area contributed by atoms with Crippen molar-refractivity contribution < 1.29 is 30.5 Å². The average Bonchev–Trinajstić information content (AvgIpc) is 0.918. The Kier molecular flexibility index (Phi) is 21.3. The first-order valence-electron chi connectivity index (χ1n) is 0.632. The summed E-state index contributed by atoms with van der Waals surface area (Å²) >= 11 is 0. The summed E-state index contributed by atoms with van der Waals surface area (Å²) in [6, 6.07) is 0. The third kappa shape index (κ3) is 21.7. The summed E-state index contributed by atoms with van der Waals surface area (Å²) in [6.07, 6.45) is 0. The number of aliphatic hydroxyl groups is 2. The summed E-state index contributed by atoms with van der Waals surface area (Å²) in [5.74, 6) is 0. The van der Waals surface area contributed by atoms with Crippen LogP contribution in [-0.4, -0.2) is 17.0 Å². The summed E-state index contributed by atoms with van der Waals surface area (Å²) < 4.78 is 0. The minimum Gasteiger partial charge on any atom is -1.00 e. The minimum absolute atomic E-state index is 0. The summed E-state index contributed by atoms with van der Waals surface area (Å²) in [6.45, 7) is -0.750. The van der Waals surface area contributed by atoms with Crippen molar-refractivity contribution in [2.75, 3.05) is 6.79 Å². The maximum atomic E-state index is 7.12. The van der Waals surface area contributed by atoms with Gasteiger partial charge in [-0.1, -0.05) is 0 Å². The van der Waals surface area contributed by atoms with E-state index in [1.165, 1.54) is 0 Å². The van der Waals surface area contributed by atoms with E-state index >= 15 is 0 Å². The zero-order chi connectivity index (χ0) is 2.71. The van der Waals surface area contributed by atoms with Crippen molar-refractivity contribution in [2.45, 2.75) is 0 Å². The molecule has 0 aliphatic rings. The van der Waals surface area contributed by atoms with Crippen LogP contribution in [0, 0.1) is 0 Å². The predicted molar refractivity (Wildman–Crippen MR) is 10.4 cm³/mol. The molecule has 3 heteroatoms. The van der Waals surface area contributed by atoms with E-state index in [2.05, 4.69) is 0 Å². The maximum absolute atomic E-state index is 7.12. The van der Waals surface area contributed by atoms with Crippen LogP contribution in [0.25, 0.3) is 0 Å². The molecule has 0 saturated carbocycles. The molecular formula is CH5LiO2. The molecule has 2 nitrogen and oxygen atoms in total. The molecule has 0 rings (SSSR count). The van der Waals surface area contributed by atoms with Gasteiger partial charge in [0.1, 0.15) is 6.79 Å². The van der Waals surface area contributed by atoms with Gasteiger partial charge in [0, 0.05) is 0 Å².